The van der Waals surface area contributed by atoms with E-state index in [1.54, 1.807) is 0 Å². The molecule has 0 amide bonds. The van der Waals surface area contributed by atoms with Gasteiger partial charge in [-0.25, -0.2) is 0 Å². The highest BCUT2D eigenvalue weighted by Crippen LogP contribution is 2.18. The Kier molecular flexibility index (Phi) is 10.9. The van der Waals surface area contributed by atoms with Gasteiger partial charge in [0.05, 0.1) is 13.2 Å². The Balaban J connectivity index is 0.00000306. The van der Waals surface area contributed by atoms with Crippen LogP contribution in [0.3, 0.4) is 0 Å². The van der Waals surface area contributed by atoms with Gasteiger partial charge in [-0.1, -0.05) is 36.8 Å². The number of aryl methyl sites for hydroxylation is 2. The first kappa shape index (κ1) is 25.9. The van der Waals surface area contributed by atoms with E-state index in [4.69, 9.17) is 9.73 Å². The van der Waals surface area contributed by atoms with E-state index in [-0.39, 0.29) is 24.0 Å². The molecule has 1 unspecified atom stereocenters. The highest BCUT2D eigenvalue weighted by molar-refractivity contribution is 14.0. The Morgan fingerprint density at radius 2 is 2.03 bits per heavy atom. The standard InChI is InChI=1S/C25H38N6O.HI/c1-2-26-25(27-15-9-13-24-29-28-23-12-7-4-8-16-31(23)24)30-17-14-22(18-30)20-32-19-21-10-5-3-6-11-21;/h3,5-6,10-11,22H,2,4,7-9,12-20H2,1H3,(H,26,27);1H. The molecule has 7 nitrogen and oxygen atoms in total. The Morgan fingerprint density at radius 3 is 2.88 bits per heavy atom. The maximum Gasteiger partial charge on any atom is 0.193 e. The van der Waals surface area contributed by atoms with Crippen molar-refractivity contribution in [3.05, 3.63) is 47.5 Å². The first-order chi connectivity index (χ1) is 15.8. The molecule has 0 bridgehead atoms. The average molecular weight is 567 g/mol. The predicted octanol–water partition coefficient (Wildman–Crippen LogP) is 4.06. The van der Waals surface area contributed by atoms with Gasteiger partial charge in [-0.15, -0.1) is 34.2 Å². The number of benzene rings is 1. The van der Waals surface area contributed by atoms with E-state index in [9.17, 15) is 0 Å². The molecule has 2 aliphatic rings. The summed E-state index contributed by atoms with van der Waals surface area (Å²) in [5, 5.41) is 12.4. The molecular weight excluding hydrogens is 527 g/mol. The van der Waals surface area contributed by atoms with Crippen molar-refractivity contribution in [2.45, 2.75) is 65.0 Å². The molecule has 8 heteroatoms. The van der Waals surface area contributed by atoms with Crippen molar-refractivity contribution >= 4 is 29.9 Å². The van der Waals surface area contributed by atoms with Crippen molar-refractivity contribution < 1.29 is 4.74 Å². The van der Waals surface area contributed by atoms with Crippen LogP contribution in [0.25, 0.3) is 0 Å². The second kappa shape index (κ2) is 13.9. The third kappa shape index (κ3) is 7.67. The summed E-state index contributed by atoms with van der Waals surface area (Å²) in [6, 6.07) is 10.4. The van der Waals surface area contributed by atoms with Gasteiger partial charge >= 0.3 is 0 Å². The zero-order chi connectivity index (χ0) is 22.0. The maximum absolute atomic E-state index is 5.98. The molecule has 1 fully saturated rings. The number of rotatable bonds is 9. The molecule has 1 atom stereocenters. The number of ether oxygens (including phenoxy) is 1. The van der Waals surface area contributed by atoms with Crippen LogP contribution in [0.1, 0.15) is 56.2 Å². The molecule has 3 heterocycles. The Labute approximate surface area is 215 Å². The van der Waals surface area contributed by atoms with Gasteiger partial charge < -0.3 is 19.5 Å². The van der Waals surface area contributed by atoms with Crippen LogP contribution in [-0.4, -0.2) is 58.4 Å². The van der Waals surface area contributed by atoms with Gasteiger partial charge in [0.15, 0.2) is 5.96 Å². The molecule has 0 saturated carbocycles. The predicted molar refractivity (Wildman–Crippen MR) is 143 cm³/mol. The molecule has 2 aromatic rings. The lowest BCUT2D eigenvalue weighted by Gasteiger charge is -2.21. The number of hydrogen-bond acceptors (Lipinski definition) is 4. The smallest absolute Gasteiger partial charge is 0.193 e. The number of fused-ring (bicyclic) bond motifs is 1. The Bertz CT molecular complexity index is 856. The van der Waals surface area contributed by atoms with E-state index in [1.165, 1.54) is 30.7 Å². The summed E-state index contributed by atoms with van der Waals surface area (Å²) < 4.78 is 8.33. The van der Waals surface area contributed by atoms with Gasteiger partial charge in [0.2, 0.25) is 0 Å². The van der Waals surface area contributed by atoms with E-state index in [0.717, 1.165) is 76.8 Å². The first-order valence-corrected chi connectivity index (χ1v) is 12.4. The third-order valence-corrected chi connectivity index (χ3v) is 6.39. The van der Waals surface area contributed by atoms with Crippen LogP contribution in [0.5, 0.6) is 0 Å². The summed E-state index contributed by atoms with van der Waals surface area (Å²) in [5.41, 5.74) is 1.24. The lowest BCUT2D eigenvalue weighted by molar-refractivity contribution is 0.0907. The third-order valence-electron chi connectivity index (χ3n) is 6.39. The number of guanidine groups is 1. The van der Waals surface area contributed by atoms with Crippen molar-refractivity contribution in [2.24, 2.45) is 10.9 Å². The zero-order valence-electron chi connectivity index (χ0n) is 19.9. The van der Waals surface area contributed by atoms with Crippen LogP contribution in [0.15, 0.2) is 35.3 Å². The van der Waals surface area contributed by atoms with Gasteiger partial charge in [0.25, 0.3) is 0 Å². The van der Waals surface area contributed by atoms with Crippen LogP contribution in [0.2, 0.25) is 0 Å². The number of likely N-dealkylation sites (tertiary alicyclic amines) is 1. The van der Waals surface area contributed by atoms with Crippen LogP contribution < -0.4 is 5.32 Å². The summed E-state index contributed by atoms with van der Waals surface area (Å²) in [7, 11) is 0. The molecule has 1 saturated heterocycles. The fourth-order valence-electron chi connectivity index (χ4n) is 4.66. The van der Waals surface area contributed by atoms with E-state index in [1.807, 2.05) is 6.07 Å². The Morgan fingerprint density at radius 1 is 1.15 bits per heavy atom. The SMILES string of the molecule is CCNC(=NCCCc1nnc2n1CCCCC2)N1CCC(COCc2ccccc2)C1.I. The minimum absolute atomic E-state index is 0. The molecule has 1 aromatic carbocycles. The van der Waals surface area contributed by atoms with Crippen LogP contribution in [0, 0.1) is 5.92 Å². The second-order valence-electron chi connectivity index (χ2n) is 8.94. The van der Waals surface area contributed by atoms with E-state index in [0.29, 0.717) is 12.5 Å². The molecule has 4 rings (SSSR count). The zero-order valence-corrected chi connectivity index (χ0v) is 22.2. The molecule has 0 aliphatic carbocycles. The van der Waals surface area contributed by atoms with Crippen molar-refractivity contribution in [2.75, 3.05) is 32.8 Å². The van der Waals surface area contributed by atoms with Crippen molar-refractivity contribution in [3.63, 3.8) is 0 Å². The monoisotopic (exact) mass is 566 g/mol. The summed E-state index contributed by atoms with van der Waals surface area (Å²) in [5.74, 6) is 3.91. The minimum atomic E-state index is 0. The first-order valence-electron chi connectivity index (χ1n) is 12.4. The Hall–Kier alpha value is -1.68. The molecule has 0 spiro atoms. The lowest BCUT2D eigenvalue weighted by Crippen LogP contribution is -2.40. The van der Waals surface area contributed by atoms with Crippen molar-refractivity contribution in [3.8, 4) is 0 Å². The number of aliphatic imine (C=N–C) groups is 1. The lowest BCUT2D eigenvalue weighted by atomic mass is 10.1. The van der Waals surface area contributed by atoms with E-state index >= 15 is 0 Å². The van der Waals surface area contributed by atoms with Gasteiger partial charge in [-0.05, 0) is 38.2 Å². The van der Waals surface area contributed by atoms with Crippen LogP contribution in [-0.2, 0) is 30.7 Å². The number of nitrogens with one attached hydrogen (secondary N) is 1. The second-order valence-corrected chi connectivity index (χ2v) is 8.94. The number of hydrogen-bond donors (Lipinski definition) is 1. The van der Waals surface area contributed by atoms with Gasteiger partial charge in [-0.3, -0.25) is 4.99 Å². The quantitative estimate of drug-likeness (QED) is 0.215. The highest BCUT2D eigenvalue weighted by Gasteiger charge is 2.25. The number of nitrogens with zero attached hydrogens (tertiary/aromatic N) is 5. The topological polar surface area (TPSA) is 67.6 Å². The van der Waals surface area contributed by atoms with E-state index in [2.05, 4.69) is 56.2 Å². The van der Waals surface area contributed by atoms with Crippen molar-refractivity contribution in [1.29, 1.82) is 0 Å². The summed E-state index contributed by atoms with van der Waals surface area (Å²) in [6.07, 6.45) is 7.96. The maximum atomic E-state index is 5.98. The summed E-state index contributed by atoms with van der Waals surface area (Å²) in [4.78, 5) is 7.31. The molecule has 182 valence electrons. The molecule has 0 radical (unpaired) electrons. The summed E-state index contributed by atoms with van der Waals surface area (Å²) in [6.45, 7) is 8.48. The van der Waals surface area contributed by atoms with Gasteiger partial charge in [-0.2, -0.15) is 0 Å². The van der Waals surface area contributed by atoms with E-state index < -0.39 is 0 Å². The minimum Gasteiger partial charge on any atom is -0.376 e. The molecule has 33 heavy (non-hydrogen) atoms. The normalized spacial score (nSPS) is 18.5. The fraction of sp³-hybridized carbons (Fsp3) is 0.640. The fourth-order valence-corrected chi connectivity index (χ4v) is 4.66. The highest BCUT2D eigenvalue weighted by atomic mass is 127. The molecule has 2 aliphatic heterocycles. The van der Waals surface area contributed by atoms with Crippen LogP contribution in [0.4, 0.5) is 0 Å². The average Bonchev–Trinajstić information content (AvgIpc) is 3.37. The summed E-state index contributed by atoms with van der Waals surface area (Å²) >= 11 is 0. The molecular formula is C25H39IN6O. The van der Waals surface area contributed by atoms with Gasteiger partial charge in [0.1, 0.15) is 11.6 Å². The number of aromatic nitrogens is 3. The largest absolute Gasteiger partial charge is 0.376 e. The van der Waals surface area contributed by atoms with Crippen LogP contribution >= 0.6 is 24.0 Å². The van der Waals surface area contributed by atoms with Gasteiger partial charge in [0, 0.05) is 51.5 Å². The van der Waals surface area contributed by atoms with Crippen molar-refractivity contribution in [1.82, 2.24) is 25.0 Å². The number of halogens is 1. The molecule has 1 N–H and O–H groups in total. The molecule has 1 aromatic heterocycles.